The SMILES string of the molecule is C=C/C=C(/CN1CCN(/C(C(=C)N(CCc2ccccc2)Cc2c(F)cccc2F)=C(\C)NC=O)CC1)C(=C)C#N.CC. The lowest BCUT2D eigenvalue weighted by Crippen LogP contribution is -2.48. The minimum absolute atomic E-state index is 0.0199. The molecule has 228 valence electrons. The van der Waals surface area contributed by atoms with Crippen LogP contribution in [0.15, 0.2) is 109 Å². The van der Waals surface area contributed by atoms with Crippen LogP contribution in [-0.4, -0.2) is 60.4 Å². The molecule has 3 rings (SSSR count). The van der Waals surface area contributed by atoms with E-state index in [-0.39, 0.29) is 12.1 Å². The number of nitrogens with zero attached hydrogens (tertiary/aromatic N) is 4. The van der Waals surface area contributed by atoms with Gasteiger partial charge in [-0.05, 0) is 36.6 Å². The van der Waals surface area contributed by atoms with Crippen LogP contribution in [0.2, 0.25) is 0 Å². The van der Waals surface area contributed by atoms with E-state index in [9.17, 15) is 18.8 Å². The summed E-state index contributed by atoms with van der Waals surface area (Å²) < 4.78 is 29.5. The van der Waals surface area contributed by atoms with Crippen LogP contribution in [0.4, 0.5) is 8.78 Å². The van der Waals surface area contributed by atoms with Gasteiger partial charge < -0.3 is 15.1 Å². The average molecular weight is 588 g/mol. The van der Waals surface area contributed by atoms with Gasteiger partial charge in [0.25, 0.3) is 0 Å². The molecule has 1 fully saturated rings. The Hall–Kier alpha value is -4.48. The molecule has 1 aliphatic heterocycles. The summed E-state index contributed by atoms with van der Waals surface area (Å²) in [6.07, 6.45) is 4.70. The van der Waals surface area contributed by atoms with E-state index in [1.807, 2.05) is 49.1 Å². The Morgan fingerprint density at radius 3 is 2.23 bits per heavy atom. The Kier molecular flexibility index (Phi) is 14.6. The molecule has 1 saturated heterocycles. The molecule has 0 atom stereocenters. The molecular formula is C35H43F2N5O. The lowest BCUT2D eigenvalue weighted by Gasteiger charge is -2.41. The van der Waals surface area contributed by atoms with Crippen LogP contribution in [0, 0.1) is 23.0 Å². The number of carbonyl (C=O) groups is 1. The quantitative estimate of drug-likeness (QED) is 0.159. The average Bonchev–Trinajstić information content (AvgIpc) is 3.02. The first-order chi connectivity index (χ1) is 20.8. The Bertz CT molecular complexity index is 1330. The van der Waals surface area contributed by atoms with Crippen LogP contribution in [-0.2, 0) is 17.8 Å². The summed E-state index contributed by atoms with van der Waals surface area (Å²) in [5.74, 6) is -1.24. The number of hydrogen-bond donors (Lipinski definition) is 1. The van der Waals surface area contributed by atoms with E-state index in [4.69, 9.17) is 0 Å². The van der Waals surface area contributed by atoms with Crippen LogP contribution in [0.1, 0.15) is 31.9 Å². The highest BCUT2D eigenvalue weighted by molar-refractivity contribution is 5.51. The van der Waals surface area contributed by atoms with E-state index in [1.165, 1.54) is 18.2 Å². The molecule has 2 aromatic rings. The van der Waals surface area contributed by atoms with Crippen molar-refractivity contribution in [3.63, 3.8) is 0 Å². The topological polar surface area (TPSA) is 62.6 Å². The van der Waals surface area contributed by atoms with Crippen molar-refractivity contribution >= 4 is 6.41 Å². The maximum absolute atomic E-state index is 14.7. The number of nitrogens with one attached hydrogen (secondary N) is 1. The molecule has 1 heterocycles. The Balaban J connectivity index is 0.00000316. The van der Waals surface area contributed by atoms with Crippen LogP contribution in [0.3, 0.4) is 0 Å². The number of amides is 1. The van der Waals surface area contributed by atoms with Gasteiger partial charge in [-0.25, -0.2) is 8.78 Å². The number of piperazine rings is 1. The molecule has 1 aliphatic rings. The van der Waals surface area contributed by atoms with Crippen molar-refractivity contribution in [1.29, 1.82) is 5.26 Å². The number of carbonyl (C=O) groups excluding carboxylic acids is 1. The fraction of sp³-hybridized carbons (Fsp3) is 0.314. The first kappa shape index (κ1) is 34.7. The third-order valence-electron chi connectivity index (χ3n) is 7.13. The van der Waals surface area contributed by atoms with Gasteiger partial charge in [-0.1, -0.05) is 82.1 Å². The molecule has 0 spiro atoms. The van der Waals surface area contributed by atoms with Crippen molar-refractivity contribution in [1.82, 2.24) is 20.0 Å². The maximum atomic E-state index is 14.7. The van der Waals surface area contributed by atoms with Gasteiger partial charge in [-0.3, -0.25) is 9.69 Å². The third kappa shape index (κ3) is 10.1. The fourth-order valence-corrected chi connectivity index (χ4v) is 4.87. The van der Waals surface area contributed by atoms with Gasteiger partial charge >= 0.3 is 0 Å². The van der Waals surface area contributed by atoms with E-state index in [2.05, 4.69) is 40.9 Å². The first-order valence-electron chi connectivity index (χ1n) is 14.5. The van der Waals surface area contributed by atoms with Crippen molar-refractivity contribution in [2.24, 2.45) is 0 Å². The number of nitriles is 1. The summed E-state index contributed by atoms with van der Waals surface area (Å²) in [7, 11) is 0. The van der Waals surface area contributed by atoms with Crippen molar-refractivity contribution in [3.8, 4) is 6.07 Å². The minimum Gasteiger partial charge on any atom is -0.366 e. The summed E-state index contributed by atoms with van der Waals surface area (Å²) in [6.45, 7) is 21.4. The predicted octanol–water partition coefficient (Wildman–Crippen LogP) is 6.34. The van der Waals surface area contributed by atoms with Gasteiger partial charge in [0, 0.05) is 62.6 Å². The van der Waals surface area contributed by atoms with Crippen LogP contribution in [0.25, 0.3) is 0 Å². The number of hydrogen-bond acceptors (Lipinski definition) is 5. The number of rotatable bonds is 14. The van der Waals surface area contributed by atoms with Gasteiger partial charge in [0.05, 0.1) is 17.5 Å². The smallest absolute Gasteiger partial charge is 0.211 e. The summed E-state index contributed by atoms with van der Waals surface area (Å²) >= 11 is 0. The molecule has 1 amide bonds. The fourth-order valence-electron chi connectivity index (χ4n) is 4.87. The predicted molar refractivity (Wildman–Crippen MR) is 170 cm³/mol. The minimum atomic E-state index is -0.619. The summed E-state index contributed by atoms with van der Waals surface area (Å²) in [5, 5.41) is 12.1. The van der Waals surface area contributed by atoms with Crippen molar-refractivity contribution in [2.45, 2.75) is 33.7 Å². The van der Waals surface area contributed by atoms with Crippen LogP contribution >= 0.6 is 0 Å². The van der Waals surface area contributed by atoms with Gasteiger partial charge in [0.2, 0.25) is 6.41 Å². The first-order valence-corrected chi connectivity index (χ1v) is 14.5. The Morgan fingerprint density at radius 1 is 1.05 bits per heavy atom. The molecule has 1 N–H and O–H groups in total. The van der Waals surface area contributed by atoms with Crippen molar-refractivity contribution in [3.05, 3.63) is 131 Å². The second-order valence-corrected chi connectivity index (χ2v) is 9.82. The highest BCUT2D eigenvalue weighted by atomic mass is 19.1. The number of benzene rings is 2. The van der Waals surface area contributed by atoms with E-state index < -0.39 is 11.6 Å². The van der Waals surface area contributed by atoms with E-state index >= 15 is 0 Å². The van der Waals surface area contributed by atoms with Crippen molar-refractivity contribution in [2.75, 3.05) is 39.3 Å². The second kappa shape index (κ2) is 18.1. The highest BCUT2D eigenvalue weighted by Crippen LogP contribution is 2.26. The summed E-state index contributed by atoms with van der Waals surface area (Å²) in [6, 6.07) is 15.8. The molecule has 0 aliphatic carbocycles. The molecule has 0 radical (unpaired) electrons. The Morgan fingerprint density at radius 2 is 1.67 bits per heavy atom. The molecule has 6 nitrogen and oxygen atoms in total. The molecule has 0 aromatic heterocycles. The molecule has 8 heteroatoms. The van der Waals surface area contributed by atoms with Crippen LogP contribution < -0.4 is 5.32 Å². The molecule has 0 saturated carbocycles. The molecule has 0 unspecified atom stereocenters. The largest absolute Gasteiger partial charge is 0.366 e. The van der Waals surface area contributed by atoms with Gasteiger partial charge in [0.1, 0.15) is 11.6 Å². The summed E-state index contributed by atoms with van der Waals surface area (Å²) in [4.78, 5) is 17.7. The molecule has 43 heavy (non-hydrogen) atoms. The molecule has 2 aromatic carbocycles. The normalized spacial score (nSPS) is 14.0. The third-order valence-corrected chi connectivity index (χ3v) is 7.13. The monoisotopic (exact) mass is 587 g/mol. The Labute approximate surface area is 255 Å². The number of allylic oxidation sites excluding steroid dienone is 3. The zero-order valence-corrected chi connectivity index (χ0v) is 25.6. The molecule has 0 bridgehead atoms. The lowest BCUT2D eigenvalue weighted by molar-refractivity contribution is -0.108. The second-order valence-electron chi connectivity index (χ2n) is 9.82. The number of halogens is 2. The molecular weight excluding hydrogens is 544 g/mol. The van der Waals surface area contributed by atoms with Gasteiger partial charge in [0.15, 0.2) is 0 Å². The van der Waals surface area contributed by atoms with E-state index in [0.717, 1.165) is 11.1 Å². The summed E-state index contributed by atoms with van der Waals surface area (Å²) in [5.41, 5.74) is 4.14. The lowest BCUT2D eigenvalue weighted by atomic mass is 10.1. The van der Waals surface area contributed by atoms with Crippen molar-refractivity contribution < 1.29 is 13.6 Å². The highest BCUT2D eigenvalue weighted by Gasteiger charge is 2.26. The van der Waals surface area contributed by atoms with Gasteiger partial charge in [-0.15, -0.1) is 0 Å². The van der Waals surface area contributed by atoms with E-state index in [1.54, 1.807) is 19.1 Å². The zero-order chi connectivity index (χ0) is 31.8. The standard InChI is InChI=1S/C33H37F2N5O.C2H6/c1-5-10-29(25(2)21-36)22-38-17-19-39(20-18-38)33(26(3)37-24-41)27(4)40(16-15-28-11-7-6-8-12-28)23-30-31(34)13-9-14-32(30)35;1-2/h5-14,24H,1-2,4,15-20,22-23H2,3H3,(H,37,41);1-2H3/b29-10-,33-26+;. The zero-order valence-electron chi connectivity index (χ0n) is 25.6. The maximum Gasteiger partial charge on any atom is 0.211 e. The van der Waals surface area contributed by atoms with Gasteiger partial charge in [-0.2, -0.15) is 5.26 Å². The van der Waals surface area contributed by atoms with E-state index in [0.29, 0.717) is 74.8 Å². The van der Waals surface area contributed by atoms with Crippen LogP contribution in [0.5, 0.6) is 0 Å².